The molecule has 2 heterocycles. The minimum absolute atomic E-state index is 0.156. The van der Waals surface area contributed by atoms with Crippen LogP contribution < -0.4 is 0 Å². The van der Waals surface area contributed by atoms with Crippen LogP contribution in [0.5, 0.6) is 0 Å². The number of rotatable bonds is 7. The van der Waals surface area contributed by atoms with Gasteiger partial charge in [-0.25, -0.2) is 0 Å². The molecule has 0 radical (unpaired) electrons. The number of hydrogen-bond acceptors (Lipinski definition) is 4. The maximum Gasteiger partial charge on any atom is 0.268 e. The molecular weight excluding hydrogens is 338 g/mol. The Morgan fingerprint density at radius 2 is 1.79 bits per heavy atom. The van der Waals surface area contributed by atoms with Gasteiger partial charge in [-0.3, -0.25) is 14.5 Å². The van der Waals surface area contributed by atoms with Gasteiger partial charge in [0.1, 0.15) is 0 Å². The van der Waals surface area contributed by atoms with Crippen molar-refractivity contribution in [3.05, 3.63) is 57.6 Å². The highest BCUT2D eigenvalue weighted by molar-refractivity contribution is 8.04. The molecule has 1 aromatic carbocycles. The standard InChI is InChI=1S/C19H19NO2S2/c1-2-3-7-12-20-18(21)16(15-11-8-13-23-15)17(19(20)22)24-14-9-5-4-6-10-14/h4-6,8-11,13H,2-3,7,12H2,1H3. The van der Waals surface area contributed by atoms with E-state index in [0.717, 1.165) is 29.0 Å². The van der Waals surface area contributed by atoms with Crippen LogP contribution >= 0.6 is 23.1 Å². The van der Waals surface area contributed by atoms with Crippen LogP contribution in [0, 0.1) is 0 Å². The van der Waals surface area contributed by atoms with Crippen molar-refractivity contribution in [2.24, 2.45) is 0 Å². The molecule has 0 fully saturated rings. The van der Waals surface area contributed by atoms with Crippen molar-refractivity contribution in [1.29, 1.82) is 0 Å². The third-order valence-corrected chi connectivity index (χ3v) is 5.82. The summed E-state index contributed by atoms with van der Waals surface area (Å²) in [6, 6.07) is 13.6. The summed E-state index contributed by atoms with van der Waals surface area (Å²) < 4.78 is 0. The van der Waals surface area contributed by atoms with E-state index in [1.807, 2.05) is 47.8 Å². The van der Waals surface area contributed by atoms with Gasteiger partial charge in [-0.2, -0.15) is 0 Å². The largest absolute Gasteiger partial charge is 0.274 e. The molecule has 5 heteroatoms. The molecule has 1 aromatic heterocycles. The van der Waals surface area contributed by atoms with Crippen molar-refractivity contribution >= 4 is 40.5 Å². The van der Waals surface area contributed by atoms with Crippen molar-refractivity contribution < 1.29 is 9.59 Å². The number of amides is 2. The summed E-state index contributed by atoms with van der Waals surface area (Å²) in [4.78, 5) is 29.5. The van der Waals surface area contributed by atoms with Gasteiger partial charge < -0.3 is 0 Å². The summed E-state index contributed by atoms with van der Waals surface area (Å²) in [5.74, 6) is -0.314. The smallest absolute Gasteiger partial charge is 0.268 e. The van der Waals surface area contributed by atoms with Crippen LogP contribution in [0.1, 0.15) is 31.1 Å². The number of carbonyl (C=O) groups excluding carboxylic acids is 2. The fourth-order valence-corrected chi connectivity index (χ4v) is 4.47. The predicted molar refractivity (Wildman–Crippen MR) is 99.8 cm³/mol. The number of benzene rings is 1. The summed E-state index contributed by atoms with van der Waals surface area (Å²) in [5.41, 5.74) is 0.556. The van der Waals surface area contributed by atoms with E-state index in [-0.39, 0.29) is 11.8 Å². The second-order valence-corrected chi connectivity index (χ2v) is 7.60. The summed E-state index contributed by atoms with van der Waals surface area (Å²) in [5, 5.41) is 1.94. The Balaban J connectivity index is 1.92. The highest BCUT2D eigenvalue weighted by Gasteiger charge is 2.39. The van der Waals surface area contributed by atoms with E-state index in [4.69, 9.17) is 0 Å². The van der Waals surface area contributed by atoms with Crippen molar-refractivity contribution in [1.82, 2.24) is 4.90 Å². The van der Waals surface area contributed by atoms with E-state index in [1.165, 1.54) is 28.0 Å². The van der Waals surface area contributed by atoms with Crippen LogP contribution in [0.4, 0.5) is 0 Å². The van der Waals surface area contributed by atoms with E-state index in [1.54, 1.807) is 0 Å². The first-order valence-corrected chi connectivity index (χ1v) is 9.79. The van der Waals surface area contributed by atoms with Gasteiger partial charge in [0.15, 0.2) is 0 Å². The summed E-state index contributed by atoms with van der Waals surface area (Å²) in [6.07, 6.45) is 2.94. The highest BCUT2D eigenvalue weighted by Crippen LogP contribution is 2.40. The van der Waals surface area contributed by atoms with Crippen LogP contribution in [-0.4, -0.2) is 23.3 Å². The Morgan fingerprint density at radius 3 is 2.46 bits per heavy atom. The molecular formula is C19H19NO2S2. The van der Waals surface area contributed by atoms with Gasteiger partial charge in [-0.05, 0) is 30.0 Å². The molecule has 0 aliphatic carbocycles. The average Bonchev–Trinajstić information content (AvgIpc) is 3.19. The summed E-state index contributed by atoms with van der Waals surface area (Å²) in [7, 11) is 0. The number of hydrogen-bond donors (Lipinski definition) is 0. The molecule has 0 atom stereocenters. The molecule has 0 N–H and O–H groups in total. The lowest BCUT2D eigenvalue weighted by Gasteiger charge is -2.14. The molecule has 0 bridgehead atoms. The Bertz CT molecular complexity index is 751. The molecule has 0 saturated carbocycles. The second-order valence-electron chi connectivity index (χ2n) is 5.57. The number of imide groups is 1. The summed E-state index contributed by atoms with van der Waals surface area (Å²) >= 11 is 2.89. The molecule has 2 aromatic rings. The van der Waals surface area contributed by atoms with Gasteiger partial charge in [0.2, 0.25) is 0 Å². The zero-order valence-electron chi connectivity index (χ0n) is 13.5. The molecule has 1 aliphatic heterocycles. The SMILES string of the molecule is CCCCCN1C(=O)C(Sc2ccccc2)=C(c2cccs2)C1=O. The third-order valence-electron chi connectivity index (χ3n) is 3.84. The molecule has 0 spiro atoms. The van der Waals surface area contributed by atoms with E-state index in [9.17, 15) is 9.59 Å². The van der Waals surface area contributed by atoms with E-state index in [2.05, 4.69) is 6.92 Å². The lowest BCUT2D eigenvalue weighted by atomic mass is 10.2. The highest BCUT2D eigenvalue weighted by atomic mass is 32.2. The molecule has 1 aliphatic rings. The van der Waals surface area contributed by atoms with Crippen molar-refractivity contribution in [3.8, 4) is 0 Å². The fourth-order valence-electron chi connectivity index (χ4n) is 2.62. The maximum atomic E-state index is 12.9. The first-order chi connectivity index (χ1) is 11.7. The monoisotopic (exact) mass is 357 g/mol. The zero-order valence-corrected chi connectivity index (χ0v) is 15.2. The van der Waals surface area contributed by atoms with Gasteiger partial charge in [-0.15, -0.1) is 11.3 Å². The minimum Gasteiger partial charge on any atom is -0.274 e. The normalized spacial score (nSPS) is 14.8. The van der Waals surface area contributed by atoms with Crippen LogP contribution in [-0.2, 0) is 9.59 Å². The van der Waals surface area contributed by atoms with Crippen LogP contribution in [0.2, 0.25) is 0 Å². The van der Waals surface area contributed by atoms with Crippen molar-refractivity contribution in [3.63, 3.8) is 0 Å². The Hall–Kier alpha value is -1.85. The number of unbranched alkanes of at least 4 members (excludes halogenated alkanes) is 2. The molecule has 2 amide bonds. The molecule has 3 rings (SSSR count). The molecule has 0 unspecified atom stereocenters. The Kier molecular flexibility index (Phi) is 5.53. The second kappa shape index (κ2) is 7.81. The summed E-state index contributed by atoms with van der Waals surface area (Å²) in [6.45, 7) is 2.61. The first-order valence-electron chi connectivity index (χ1n) is 8.09. The Morgan fingerprint density at radius 1 is 1.00 bits per heavy atom. The van der Waals surface area contributed by atoms with Crippen LogP contribution in [0.15, 0.2) is 57.6 Å². The van der Waals surface area contributed by atoms with E-state index < -0.39 is 0 Å². The molecule has 0 saturated heterocycles. The Labute approximate surface area is 150 Å². The fraction of sp³-hybridized carbons (Fsp3) is 0.263. The van der Waals surface area contributed by atoms with Gasteiger partial charge in [0.05, 0.1) is 10.5 Å². The predicted octanol–water partition coefficient (Wildman–Crippen LogP) is 4.81. The lowest BCUT2D eigenvalue weighted by Crippen LogP contribution is -2.32. The number of thiophene rings is 1. The van der Waals surface area contributed by atoms with Crippen molar-refractivity contribution in [2.45, 2.75) is 31.1 Å². The number of carbonyl (C=O) groups is 2. The third kappa shape index (κ3) is 3.47. The zero-order chi connectivity index (χ0) is 16.9. The van der Waals surface area contributed by atoms with Gasteiger partial charge in [0.25, 0.3) is 11.8 Å². The minimum atomic E-state index is -0.159. The number of thioether (sulfide) groups is 1. The maximum absolute atomic E-state index is 12.9. The van der Waals surface area contributed by atoms with E-state index in [0.29, 0.717) is 17.0 Å². The lowest BCUT2D eigenvalue weighted by molar-refractivity contribution is -0.136. The quantitative estimate of drug-likeness (QED) is 0.527. The van der Waals surface area contributed by atoms with Crippen molar-refractivity contribution in [2.75, 3.05) is 6.54 Å². The van der Waals surface area contributed by atoms with Crippen LogP contribution in [0.25, 0.3) is 5.57 Å². The molecule has 3 nitrogen and oxygen atoms in total. The van der Waals surface area contributed by atoms with Gasteiger partial charge in [0, 0.05) is 16.3 Å². The number of nitrogens with zero attached hydrogens (tertiary/aromatic N) is 1. The van der Waals surface area contributed by atoms with Gasteiger partial charge >= 0.3 is 0 Å². The van der Waals surface area contributed by atoms with E-state index >= 15 is 0 Å². The topological polar surface area (TPSA) is 37.4 Å². The van der Waals surface area contributed by atoms with Crippen LogP contribution in [0.3, 0.4) is 0 Å². The first kappa shape index (κ1) is 17.0. The average molecular weight is 358 g/mol. The van der Waals surface area contributed by atoms with Gasteiger partial charge in [-0.1, -0.05) is 55.8 Å². The molecule has 124 valence electrons. The molecule has 24 heavy (non-hydrogen) atoms.